The van der Waals surface area contributed by atoms with E-state index in [1.807, 2.05) is 6.92 Å². The number of hydrogen-bond acceptors (Lipinski definition) is 12. The van der Waals surface area contributed by atoms with Crippen LogP contribution in [-0.4, -0.2) is 83.7 Å². The zero-order valence-electron chi connectivity index (χ0n) is 20.7. The Labute approximate surface area is 235 Å². The fourth-order valence-electron chi connectivity index (χ4n) is 2.19. The lowest BCUT2D eigenvalue weighted by Gasteiger charge is -2.24. The normalized spacial score (nSPS) is 12.7. The van der Waals surface area contributed by atoms with Crippen molar-refractivity contribution in [2.75, 3.05) is 19.8 Å². The molecule has 0 aliphatic carbocycles. The molecule has 3 unspecified atom stereocenters. The third-order valence-electron chi connectivity index (χ3n) is 4.90. The van der Waals surface area contributed by atoms with Crippen LogP contribution >= 0.6 is 34.0 Å². The van der Waals surface area contributed by atoms with Crippen LogP contribution in [0, 0.1) is 5.41 Å². The van der Waals surface area contributed by atoms with Crippen molar-refractivity contribution in [3.63, 3.8) is 0 Å². The molecule has 39 heavy (non-hydrogen) atoms. The van der Waals surface area contributed by atoms with Gasteiger partial charge in [0.2, 0.25) is 0 Å². The maximum atomic E-state index is 10.2. The smallest absolute Gasteiger partial charge is 0.338 e. The number of aliphatic hydroxyl groups is 6. The molecule has 0 saturated heterocycles. The van der Waals surface area contributed by atoms with Gasteiger partial charge in [-0.05, 0) is 40.8 Å². The van der Waals surface area contributed by atoms with Crippen LogP contribution in [0.3, 0.4) is 0 Å². The molecule has 12 nitrogen and oxygen atoms in total. The minimum Gasteiger partial charge on any atom is -0.479 e. The molecule has 0 aromatic carbocycles. The van der Waals surface area contributed by atoms with E-state index in [4.69, 9.17) is 46.0 Å². The summed E-state index contributed by atoms with van der Waals surface area (Å²) in [7, 11) is 0. The lowest BCUT2D eigenvalue weighted by atomic mass is 9.88. The van der Waals surface area contributed by atoms with Crippen LogP contribution in [0.2, 0.25) is 0 Å². The Bertz CT molecular complexity index is 912. The van der Waals surface area contributed by atoms with Crippen molar-refractivity contribution in [1.29, 1.82) is 0 Å². The molecular weight excluding hydrogens is 576 g/mol. The van der Waals surface area contributed by atoms with Gasteiger partial charge in [-0.25, -0.2) is 14.4 Å². The average Bonchev–Trinajstić information content (AvgIpc) is 3.74. The topological polar surface area (TPSA) is 233 Å². The molecule has 0 fully saturated rings. The number of carboxylic acids is 3. The highest BCUT2D eigenvalue weighted by Crippen LogP contribution is 2.20. The van der Waals surface area contributed by atoms with E-state index in [0.717, 1.165) is 0 Å². The Kier molecular flexibility index (Phi) is 18.0. The summed E-state index contributed by atoms with van der Waals surface area (Å²) in [5, 5.41) is 82.8. The van der Waals surface area contributed by atoms with E-state index in [9.17, 15) is 14.4 Å². The third kappa shape index (κ3) is 13.3. The van der Waals surface area contributed by atoms with E-state index in [-0.39, 0.29) is 19.8 Å². The second kappa shape index (κ2) is 19.3. The molecular formula is C24H32O12S3. The summed E-state index contributed by atoms with van der Waals surface area (Å²) in [4.78, 5) is 31.9. The van der Waals surface area contributed by atoms with E-state index >= 15 is 0 Å². The first kappa shape index (κ1) is 36.3. The van der Waals surface area contributed by atoms with Gasteiger partial charge in [-0.2, -0.15) is 0 Å². The van der Waals surface area contributed by atoms with E-state index in [1.165, 1.54) is 34.0 Å². The van der Waals surface area contributed by atoms with Gasteiger partial charge in [0.1, 0.15) is 0 Å². The Balaban J connectivity index is 0.000000494. The molecule has 9 N–H and O–H groups in total. The van der Waals surface area contributed by atoms with Crippen LogP contribution in [0.5, 0.6) is 0 Å². The van der Waals surface area contributed by atoms with E-state index in [2.05, 4.69) is 0 Å². The van der Waals surface area contributed by atoms with Crippen LogP contribution in [0.15, 0.2) is 52.5 Å². The fraction of sp³-hybridized carbons (Fsp3) is 0.375. The van der Waals surface area contributed by atoms with Crippen LogP contribution in [0.25, 0.3) is 0 Å². The minimum atomic E-state index is -1.36. The van der Waals surface area contributed by atoms with Gasteiger partial charge in [-0.15, -0.1) is 34.0 Å². The lowest BCUT2D eigenvalue weighted by Crippen LogP contribution is -2.32. The largest absolute Gasteiger partial charge is 0.479 e. The molecule has 0 amide bonds. The molecule has 3 aromatic heterocycles. The highest BCUT2D eigenvalue weighted by atomic mass is 32.1. The number of rotatable bonds is 10. The summed E-state index contributed by atoms with van der Waals surface area (Å²) in [5.74, 6) is -3.62. The van der Waals surface area contributed by atoms with Gasteiger partial charge < -0.3 is 46.0 Å². The number of aliphatic hydroxyl groups excluding tert-OH is 6. The van der Waals surface area contributed by atoms with Crippen LogP contribution < -0.4 is 0 Å². The summed E-state index contributed by atoms with van der Waals surface area (Å²) in [5.41, 5.74) is -0.667. The SMILES string of the molecule is CCC(CO)(CO)CO.O=C(O)C(O)c1cccs1.O=C(O)C(O)c1cccs1.O=C(O)C(O)c1cccs1. The second-order valence-electron chi connectivity index (χ2n) is 7.60. The predicted molar refractivity (Wildman–Crippen MR) is 145 cm³/mol. The lowest BCUT2D eigenvalue weighted by molar-refractivity contribution is -0.147. The summed E-state index contributed by atoms with van der Waals surface area (Å²) in [6.45, 7) is 1.35. The van der Waals surface area contributed by atoms with Crippen LogP contribution in [-0.2, 0) is 14.4 Å². The van der Waals surface area contributed by atoms with Crippen molar-refractivity contribution < 1.29 is 60.3 Å². The minimum absolute atomic E-state index is 0.156. The Hall–Kier alpha value is -2.73. The molecule has 3 atom stereocenters. The first-order valence-electron chi connectivity index (χ1n) is 11.0. The molecule has 15 heteroatoms. The molecule has 3 rings (SSSR count). The molecule has 3 aromatic rings. The van der Waals surface area contributed by atoms with Gasteiger partial charge in [-0.1, -0.05) is 25.1 Å². The highest BCUT2D eigenvalue weighted by molar-refractivity contribution is 7.10. The molecule has 0 aliphatic rings. The van der Waals surface area contributed by atoms with Gasteiger partial charge in [-0.3, -0.25) is 0 Å². The summed E-state index contributed by atoms with van der Waals surface area (Å²) in [6.07, 6.45) is -3.49. The Morgan fingerprint density at radius 2 is 0.897 bits per heavy atom. The molecule has 0 radical (unpaired) electrons. The number of thiophene rings is 3. The molecule has 0 aliphatic heterocycles. The maximum absolute atomic E-state index is 10.2. The molecule has 218 valence electrons. The standard InChI is InChI=1S/3C6H6O3S.C6H14O3/c3*7-5(6(8)9)4-2-1-3-10-4;1-2-6(3-7,4-8)5-9/h3*1-3,5,7H,(H,8,9);7-9H,2-5H2,1H3. The van der Waals surface area contributed by atoms with Crippen LogP contribution in [0.4, 0.5) is 0 Å². The zero-order valence-corrected chi connectivity index (χ0v) is 23.2. The Morgan fingerprint density at radius 3 is 1.00 bits per heavy atom. The van der Waals surface area contributed by atoms with Gasteiger partial charge >= 0.3 is 17.9 Å². The predicted octanol–water partition coefficient (Wildman–Crippen LogP) is 1.96. The van der Waals surface area contributed by atoms with Crippen molar-refractivity contribution in [2.45, 2.75) is 31.7 Å². The number of carboxylic acid groups (broad SMARTS) is 3. The summed E-state index contributed by atoms with van der Waals surface area (Å²) in [6, 6.07) is 9.86. The van der Waals surface area contributed by atoms with E-state index in [1.54, 1.807) is 52.5 Å². The maximum Gasteiger partial charge on any atom is 0.338 e. The highest BCUT2D eigenvalue weighted by Gasteiger charge is 2.25. The van der Waals surface area contributed by atoms with E-state index < -0.39 is 41.6 Å². The van der Waals surface area contributed by atoms with Gasteiger partial charge in [0.05, 0.1) is 19.8 Å². The quantitative estimate of drug-likeness (QED) is 0.161. The van der Waals surface area contributed by atoms with Gasteiger partial charge in [0.15, 0.2) is 18.3 Å². The number of carbonyl (C=O) groups is 3. The number of hydrogen-bond donors (Lipinski definition) is 9. The molecule has 0 bridgehead atoms. The van der Waals surface area contributed by atoms with Gasteiger partial charge in [0, 0.05) is 20.0 Å². The van der Waals surface area contributed by atoms with E-state index in [0.29, 0.717) is 21.1 Å². The summed E-state index contributed by atoms with van der Waals surface area (Å²) < 4.78 is 0. The van der Waals surface area contributed by atoms with Gasteiger partial charge in [0.25, 0.3) is 0 Å². The molecule has 0 saturated carbocycles. The average molecular weight is 609 g/mol. The second-order valence-corrected chi connectivity index (χ2v) is 10.5. The van der Waals surface area contributed by atoms with Crippen LogP contribution in [0.1, 0.15) is 46.3 Å². The van der Waals surface area contributed by atoms with Crippen molar-refractivity contribution in [3.05, 3.63) is 67.2 Å². The van der Waals surface area contributed by atoms with Crippen molar-refractivity contribution in [2.24, 2.45) is 5.41 Å². The third-order valence-corrected chi connectivity index (χ3v) is 7.67. The molecule has 3 heterocycles. The number of aliphatic carboxylic acids is 3. The first-order chi connectivity index (χ1) is 18.4. The molecule has 0 spiro atoms. The van der Waals surface area contributed by atoms with Crippen molar-refractivity contribution in [3.8, 4) is 0 Å². The monoisotopic (exact) mass is 608 g/mol. The zero-order chi connectivity index (χ0) is 30.0. The fourth-order valence-corrected chi connectivity index (χ4v) is 4.29. The summed E-state index contributed by atoms with van der Waals surface area (Å²) >= 11 is 3.69. The van der Waals surface area contributed by atoms with Crippen molar-refractivity contribution >= 4 is 51.9 Å². The Morgan fingerprint density at radius 1 is 0.641 bits per heavy atom. The first-order valence-corrected chi connectivity index (χ1v) is 13.7. The van der Waals surface area contributed by atoms with Crippen molar-refractivity contribution in [1.82, 2.24) is 0 Å².